The van der Waals surface area contributed by atoms with Gasteiger partial charge in [-0.3, -0.25) is 9.59 Å². The van der Waals surface area contributed by atoms with Crippen molar-refractivity contribution >= 4 is 17.6 Å². The lowest BCUT2D eigenvalue weighted by molar-refractivity contribution is -0.117. The van der Waals surface area contributed by atoms with E-state index in [9.17, 15) is 9.59 Å². The fourth-order valence-corrected chi connectivity index (χ4v) is 2.84. The van der Waals surface area contributed by atoms with E-state index in [4.69, 9.17) is 4.74 Å². The minimum Gasteiger partial charge on any atom is -0.383 e. The molecule has 0 saturated heterocycles. The number of carbonyl (C=O) groups excluding carboxylic acids is 2. The van der Waals surface area contributed by atoms with Crippen molar-refractivity contribution in [2.75, 3.05) is 32.1 Å². The van der Waals surface area contributed by atoms with Crippen LogP contribution in [-0.2, 0) is 16.0 Å². The number of unbranched alkanes of at least 4 members (excludes halogenated alkanes) is 3. The van der Waals surface area contributed by atoms with Gasteiger partial charge in [-0.15, -0.1) is 0 Å². The van der Waals surface area contributed by atoms with Gasteiger partial charge in [0.25, 0.3) is 5.91 Å². The Kier molecular flexibility index (Phi) is 9.21. The molecular weight excluding hydrogens is 358 g/mol. The Morgan fingerprint density at radius 1 is 1.14 bits per heavy atom. The van der Waals surface area contributed by atoms with E-state index >= 15 is 0 Å². The monoisotopic (exact) mass is 387 g/mol. The van der Waals surface area contributed by atoms with Crippen LogP contribution in [-0.4, -0.2) is 48.7 Å². The number of nitrogens with zero attached hydrogens (tertiary/aromatic N) is 2. The predicted molar refractivity (Wildman–Crippen MR) is 107 cm³/mol. The molecule has 2 amide bonds. The van der Waals surface area contributed by atoms with Crippen LogP contribution in [0.1, 0.15) is 48.5 Å². The fraction of sp³-hybridized carbons (Fsp3) is 0.476. The second-order valence-corrected chi connectivity index (χ2v) is 6.66. The smallest absolute Gasteiger partial charge is 0.254 e. The number of carbonyl (C=O) groups is 2. The van der Waals surface area contributed by atoms with Crippen LogP contribution in [0.2, 0.25) is 0 Å². The van der Waals surface area contributed by atoms with Crippen molar-refractivity contribution in [2.24, 2.45) is 0 Å². The topological polar surface area (TPSA) is 84.7 Å². The summed E-state index contributed by atoms with van der Waals surface area (Å²) >= 11 is 0. The molecule has 0 aliphatic carbocycles. The first kappa shape index (κ1) is 21.6. The molecule has 7 nitrogen and oxygen atoms in total. The van der Waals surface area contributed by atoms with Crippen molar-refractivity contribution in [2.45, 2.75) is 39.0 Å². The van der Waals surface area contributed by atoms with Gasteiger partial charge in [-0.1, -0.05) is 43.5 Å². The van der Waals surface area contributed by atoms with E-state index in [-0.39, 0.29) is 18.4 Å². The van der Waals surface area contributed by atoms with Crippen molar-refractivity contribution in [3.05, 3.63) is 47.7 Å². The van der Waals surface area contributed by atoms with Gasteiger partial charge >= 0.3 is 0 Å². The van der Waals surface area contributed by atoms with Crippen LogP contribution in [0.3, 0.4) is 0 Å². The molecule has 0 spiro atoms. The first-order valence-electron chi connectivity index (χ1n) is 9.71. The number of methoxy groups -OCH3 is 1. The standard InChI is InChI=1S/C21H29N3O4/c1-3-4-5-6-7-17-8-10-18(11-9-17)21(26)24(13-15-27-2)16-20(25)22-19-12-14-28-23-19/h8-12,14H,3-7,13,15-16H2,1-2H3,(H,22,23,25). The molecule has 0 saturated carbocycles. The molecule has 0 bridgehead atoms. The van der Waals surface area contributed by atoms with Gasteiger partial charge in [-0.05, 0) is 30.5 Å². The molecule has 0 fully saturated rings. The number of nitrogens with one attached hydrogen (secondary N) is 1. The van der Waals surface area contributed by atoms with Crippen LogP contribution in [0.4, 0.5) is 5.82 Å². The van der Waals surface area contributed by atoms with Crippen LogP contribution in [0, 0.1) is 0 Å². The van der Waals surface area contributed by atoms with E-state index in [1.807, 2.05) is 24.3 Å². The molecule has 1 aromatic carbocycles. The Labute approximate surface area is 166 Å². The SMILES string of the molecule is CCCCCCc1ccc(C(=O)N(CCOC)CC(=O)Nc2ccon2)cc1. The first-order valence-corrected chi connectivity index (χ1v) is 9.71. The molecule has 7 heteroatoms. The van der Waals surface area contributed by atoms with E-state index in [1.165, 1.54) is 36.0 Å². The maximum Gasteiger partial charge on any atom is 0.254 e. The number of amides is 2. The molecule has 152 valence electrons. The van der Waals surface area contributed by atoms with Gasteiger partial charge in [0.1, 0.15) is 12.8 Å². The van der Waals surface area contributed by atoms with Gasteiger partial charge in [0.05, 0.1) is 6.61 Å². The predicted octanol–water partition coefficient (Wildman–Crippen LogP) is 3.52. The van der Waals surface area contributed by atoms with Crippen LogP contribution in [0.25, 0.3) is 0 Å². The summed E-state index contributed by atoms with van der Waals surface area (Å²) in [4.78, 5) is 26.5. The molecule has 2 rings (SSSR count). The lowest BCUT2D eigenvalue weighted by atomic mass is 10.0. The minimum atomic E-state index is -0.342. The number of aryl methyl sites for hydroxylation is 1. The Morgan fingerprint density at radius 2 is 1.93 bits per heavy atom. The van der Waals surface area contributed by atoms with Gasteiger partial charge in [0.15, 0.2) is 5.82 Å². The summed E-state index contributed by atoms with van der Waals surface area (Å²) in [6, 6.07) is 9.17. The Hall–Kier alpha value is -2.67. The molecule has 1 heterocycles. The second kappa shape index (κ2) is 11.9. The summed E-state index contributed by atoms with van der Waals surface area (Å²) in [6.45, 7) is 2.77. The van der Waals surface area contributed by atoms with E-state index in [0.29, 0.717) is 24.5 Å². The largest absolute Gasteiger partial charge is 0.383 e. The maximum atomic E-state index is 12.9. The third kappa shape index (κ3) is 7.15. The summed E-state index contributed by atoms with van der Waals surface area (Å²) < 4.78 is 9.77. The average Bonchev–Trinajstić information content (AvgIpc) is 3.21. The molecular formula is C21H29N3O4. The Bertz CT molecular complexity index is 714. The molecule has 1 N–H and O–H groups in total. The number of hydrogen-bond acceptors (Lipinski definition) is 5. The highest BCUT2D eigenvalue weighted by molar-refractivity contribution is 5.99. The second-order valence-electron chi connectivity index (χ2n) is 6.66. The zero-order chi connectivity index (χ0) is 20.2. The van der Waals surface area contributed by atoms with Gasteiger partial charge in [0, 0.05) is 25.3 Å². The molecule has 0 atom stereocenters. The zero-order valence-electron chi connectivity index (χ0n) is 16.6. The van der Waals surface area contributed by atoms with Crippen molar-refractivity contribution in [3.63, 3.8) is 0 Å². The van der Waals surface area contributed by atoms with Gasteiger partial charge in [-0.25, -0.2) is 0 Å². The molecule has 0 radical (unpaired) electrons. The zero-order valence-corrected chi connectivity index (χ0v) is 16.6. The van der Waals surface area contributed by atoms with E-state index in [1.54, 1.807) is 13.2 Å². The number of anilines is 1. The van der Waals surface area contributed by atoms with Crippen LogP contribution < -0.4 is 5.32 Å². The Morgan fingerprint density at radius 3 is 2.57 bits per heavy atom. The first-order chi connectivity index (χ1) is 13.6. The van der Waals surface area contributed by atoms with Crippen molar-refractivity contribution in [1.82, 2.24) is 10.1 Å². The average molecular weight is 387 g/mol. The number of hydrogen-bond donors (Lipinski definition) is 1. The molecule has 2 aromatic rings. The van der Waals surface area contributed by atoms with E-state index < -0.39 is 0 Å². The number of aromatic nitrogens is 1. The van der Waals surface area contributed by atoms with Crippen molar-refractivity contribution in [3.8, 4) is 0 Å². The number of rotatable bonds is 12. The highest BCUT2D eigenvalue weighted by Crippen LogP contribution is 2.12. The van der Waals surface area contributed by atoms with E-state index in [2.05, 4.69) is 21.9 Å². The fourth-order valence-electron chi connectivity index (χ4n) is 2.84. The molecule has 0 aliphatic heterocycles. The third-order valence-corrected chi connectivity index (χ3v) is 4.41. The normalized spacial score (nSPS) is 10.6. The summed E-state index contributed by atoms with van der Waals surface area (Å²) in [7, 11) is 1.56. The maximum absolute atomic E-state index is 12.9. The summed E-state index contributed by atoms with van der Waals surface area (Å²) in [5.74, 6) is -0.229. The van der Waals surface area contributed by atoms with Crippen LogP contribution in [0.15, 0.2) is 41.1 Å². The summed E-state index contributed by atoms with van der Waals surface area (Å²) in [5.41, 5.74) is 1.78. The Balaban J connectivity index is 1.95. The number of ether oxygens (including phenoxy) is 1. The highest BCUT2D eigenvalue weighted by atomic mass is 16.5. The highest BCUT2D eigenvalue weighted by Gasteiger charge is 2.19. The van der Waals surface area contributed by atoms with Crippen molar-refractivity contribution < 1.29 is 18.8 Å². The van der Waals surface area contributed by atoms with E-state index in [0.717, 1.165) is 12.8 Å². The lowest BCUT2D eigenvalue weighted by Crippen LogP contribution is -2.40. The number of benzene rings is 1. The van der Waals surface area contributed by atoms with Gasteiger partial charge < -0.3 is 19.5 Å². The molecule has 28 heavy (non-hydrogen) atoms. The molecule has 0 aliphatic rings. The summed E-state index contributed by atoms with van der Waals surface area (Å²) in [6.07, 6.45) is 7.23. The minimum absolute atomic E-state index is 0.0895. The summed E-state index contributed by atoms with van der Waals surface area (Å²) in [5, 5.41) is 6.24. The van der Waals surface area contributed by atoms with Gasteiger partial charge in [-0.2, -0.15) is 0 Å². The quantitative estimate of drug-likeness (QED) is 0.563. The van der Waals surface area contributed by atoms with Crippen LogP contribution >= 0.6 is 0 Å². The van der Waals surface area contributed by atoms with Crippen molar-refractivity contribution in [1.29, 1.82) is 0 Å². The molecule has 0 unspecified atom stereocenters. The third-order valence-electron chi connectivity index (χ3n) is 4.41. The van der Waals surface area contributed by atoms with Gasteiger partial charge in [0.2, 0.25) is 5.91 Å². The molecule has 1 aromatic heterocycles. The van der Waals surface area contributed by atoms with Crippen LogP contribution in [0.5, 0.6) is 0 Å². The lowest BCUT2D eigenvalue weighted by Gasteiger charge is -2.22.